The lowest BCUT2D eigenvalue weighted by molar-refractivity contribution is -0.114. The van der Waals surface area contributed by atoms with E-state index in [0.29, 0.717) is 17.1 Å². The van der Waals surface area contributed by atoms with Gasteiger partial charge in [0.1, 0.15) is 23.9 Å². The highest BCUT2D eigenvalue weighted by molar-refractivity contribution is 5.97. The van der Waals surface area contributed by atoms with Crippen molar-refractivity contribution in [3.8, 4) is 11.5 Å². The minimum Gasteiger partial charge on any atom is -0.457 e. The van der Waals surface area contributed by atoms with Gasteiger partial charge in [-0.2, -0.15) is 0 Å². The van der Waals surface area contributed by atoms with Gasteiger partial charge in [-0.15, -0.1) is 0 Å². The summed E-state index contributed by atoms with van der Waals surface area (Å²) in [7, 11) is 0. The van der Waals surface area contributed by atoms with E-state index in [0.717, 1.165) is 5.75 Å². The number of ether oxygens (including phenoxy) is 1. The number of nitrogens with two attached hydrogens (primary N) is 1. The van der Waals surface area contributed by atoms with Crippen LogP contribution >= 0.6 is 0 Å². The first-order chi connectivity index (χ1) is 13.6. The number of para-hydroxylation sites is 1. The monoisotopic (exact) mass is 378 g/mol. The van der Waals surface area contributed by atoms with Gasteiger partial charge in [-0.05, 0) is 42.5 Å². The summed E-state index contributed by atoms with van der Waals surface area (Å²) in [6, 6.07) is 22.2. The van der Waals surface area contributed by atoms with Gasteiger partial charge in [0.05, 0.1) is 0 Å². The molecule has 0 aromatic heterocycles. The highest BCUT2D eigenvalue weighted by Gasteiger charge is 2.04. The van der Waals surface area contributed by atoms with Crippen LogP contribution in [-0.2, 0) is 4.79 Å². The fourth-order valence-corrected chi connectivity index (χ4v) is 2.37. The summed E-state index contributed by atoms with van der Waals surface area (Å²) in [5.41, 5.74) is 6.86. The minimum absolute atomic E-state index is 0.0752. The van der Waals surface area contributed by atoms with Crippen molar-refractivity contribution in [3.05, 3.63) is 84.7 Å². The highest BCUT2D eigenvalue weighted by atomic mass is 19.1. The summed E-state index contributed by atoms with van der Waals surface area (Å²) in [4.78, 5) is 15.9. The Morgan fingerprint density at radius 3 is 2.32 bits per heavy atom. The maximum atomic E-state index is 13.1. The number of nitrogens with zero attached hydrogens (tertiary/aromatic N) is 1. The molecule has 1 amide bonds. The lowest BCUT2D eigenvalue weighted by Crippen LogP contribution is -2.25. The number of aliphatic imine (C=N–C) groups is 1. The van der Waals surface area contributed by atoms with Crippen molar-refractivity contribution < 1.29 is 13.9 Å². The van der Waals surface area contributed by atoms with Gasteiger partial charge >= 0.3 is 0 Å². The largest absolute Gasteiger partial charge is 0.457 e. The fraction of sp³-hybridized carbons (Fsp3) is 0.0476. The molecule has 0 aliphatic carbocycles. The molecular formula is C21H19FN4O2. The molecule has 0 unspecified atom stereocenters. The van der Waals surface area contributed by atoms with Crippen LogP contribution in [0.5, 0.6) is 11.5 Å². The molecule has 0 aliphatic rings. The average molecular weight is 378 g/mol. The first-order valence-corrected chi connectivity index (χ1v) is 8.54. The van der Waals surface area contributed by atoms with Crippen molar-refractivity contribution in [2.24, 2.45) is 10.7 Å². The van der Waals surface area contributed by atoms with E-state index in [2.05, 4.69) is 15.6 Å². The molecular weight excluding hydrogens is 359 g/mol. The second kappa shape index (κ2) is 9.18. The van der Waals surface area contributed by atoms with Crippen LogP contribution in [0.25, 0.3) is 0 Å². The molecule has 6 nitrogen and oxygen atoms in total. The van der Waals surface area contributed by atoms with Crippen molar-refractivity contribution >= 4 is 23.2 Å². The van der Waals surface area contributed by atoms with Crippen LogP contribution < -0.4 is 21.1 Å². The Morgan fingerprint density at radius 2 is 1.57 bits per heavy atom. The Morgan fingerprint density at radius 1 is 0.893 bits per heavy atom. The van der Waals surface area contributed by atoms with E-state index in [1.165, 1.54) is 18.2 Å². The number of hydrogen-bond donors (Lipinski definition) is 3. The summed E-state index contributed by atoms with van der Waals surface area (Å²) >= 11 is 0. The van der Waals surface area contributed by atoms with Crippen LogP contribution in [0.15, 0.2) is 83.9 Å². The molecule has 0 heterocycles. The van der Waals surface area contributed by atoms with E-state index in [4.69, 9.17) is 10.5 Å². The SMILES string of the molecule is NC(=NCC(=O)Nc1cccc(F)c1)Nc1cccc(Oc2ccccc2)c1. The number of rotatable bonds is 6. The number of carbonyl (C=O) groups excluding carboxylic acids is 1. The lowest BCUT2D eigenvalue weighted by Gasteiger charge is -2.09. The van der Waals surface area contributed by atoms with Crippen molar-refractivity contribution in [2.45, 2.75) is 0 Å². The van der Waals surface area contributed by atoms with Gasteiger partial charge in [0.25, 0.3) is 0 Å². The summed E-state index contributed by atoms with van der Waals surface area (Å²) < 4.78 is 18.9. The molecule has 0 aliphatic heterocycles. The molecule has 0 fully saturated rings. The lowest BCUT2D eigenvalue weighted by atomic mass is 10.3. The van der Waals surface area contributed by atoms with E-state index < -0.39 is 11.7 Å². The molecule has 0 saturated heterocycles. The molecule has 0 bridgehead atoms. The average Bonchev–Trinajstić information content (AvgIpc) is 2.67. The molecule has 28 heavy (non-hydrogen) atoms. The molecule has 3 rings (SSSR count). The summed E-state index contributed by atoms with van der Waals surface area (Å²) in [5.74, 6) is 0.589. The number of guanidine groups is 1. The standard InChI is InChI=1S/C21H19FN4O2/c22-15-6-4-7-16(12-15)25-20(27)14-24-21(23)26-17-8-5-11-19(13-17)28-18-9-2-1-3-10-18/h1-13H,14H2,(H,25,27)(H3,23,24,26). The van der Waals surface area contributed by atoms with Gasteiger partial charge in [0, 0.05) is 17.4 Å². The van der Waals surface area contributed by atoms with Crippen LogP contribution in [-0.4, -0.2) is 18.4 Å². The molecule has 3 aromatic carbocycles. The number of benzene rings is 3. The zero-order chi connectivity index (χ0) is 19.8. The number of nitrogens with one attached hydrogen (secondary N) is 2. The zero-order valence-corrected chi connectivity index (χ0v) is 14.9. The topological polar surface area (TPSA) is 88.7 Å². The smallest absolute Gasteiger partial charge is 0.246 e. The van der Waals surface area contributed by atoms with E-state index >= 15 is 0 Å². The number of anilines is 2. The molecule has 0 spiro atoms. The molecule has 0 radical (unpaired) electrons. The quantitative estimate of drug-likeness (QED) is 0.447. The zero-order valence-electron chi connectivity index (χ0n) is 14.9. The van der Waals surface area contributed by atoms with Crippen molar-refractivity contribution in [1.82, 2.24) is 0 Å². The molecule has 4 N–H and O–H groups in total. The first kappa shape index (κ1) is 18.9. The third-order valence-corrected chi connectivity index (χ3v) is 3.59. The number of halogens is 1. The number of carbonyl (C=O) groups is 1. The van der Waals surface area contributed by atoms with Gasteiger partial charge in [0.2, 0.25) is 5.91 Å². The van der Waals surface area contributed by atoms with Crippen LogP contribution in [0.4, 0.5) is 15.8 Å². The number of hydrogen-bond acceptors (Lipinski definition) is 3. The van der Waals surface area contributed by atoms with E-state index in [1.54, 1.807) is 18.2 Å². The second-order valence-corrected chi connectivity index (χ2v) is 5.83. The van der Waals surface area contributed by atoms with Gasteiger partial charge in [-0.25, -0.2) is 9.38 Å². The fourth-order valence-electron chi connectivity index (χ4n) is 2.37. The Labute approximate surface area is 161 Å². The predicted molar refractivity (Wildman–Crippen MR) is 108 cm³/mol. The van der Waals surface area contributed by atoms with Crippen molar-refractivity contribution in [1.29, 1.82) is 0 Å². The van der Waals surface area contributed by atoms with Crippen molar-refractivity contribution in [2.75, 3.05) is 17.2 Å². The highest BCUT2D eigenvalue weighted by Crippen LogP contribution is 2.23. The maximum absolute atomic E-state index is 13.1. The van der Waals surface area contributed by atoms with Gasteiger partial charge in [-0.3, -0.25) is 4.79 Å². The molecule has 3 aromatic rings. The normalized spacial score (nSPS) is 11.0. The predicted octanol–water partition coefficient (Wildman–Crippen LogP) is 3.98. The van der Waals surface area contributed by atoms with E-state index in [9.17, 15) is 9.18 Å². The van der Waals surface area contributed by atoms with Crippen LogP contribution in [0.2, 0.25) is 0 Å². The van der Waals surface area contributed by atoms with Gasteiger partial charge in [-0.1, -0.05) is 30.3 Å². The summed E-state index contributed by atoms with van der Waals surface area (Å²) in [6.07, 6.45) is 0. The number of amides is 1. The second-order valence-electron chi connectivity index (χ2n) is 5.83. The summed E-state index contributed by atoms with van der Waals surface area (Å²) in [5, 5.41) is 5.45. The Bertz CT molecular complexity index is 977. The third-order valence-electron chi connectivity index (χ3n) is 3.59. The summed E-state index contributed by atoms with van der Waals surface area (Å²) in [6.45, 7) is -0.199. The first-order valence-electron chi connectivity index (χ1n) is 8.54. The van der Waals surface area contributed by atoms with Crippen LogP contribution in [0, 0.1) is 5.82 Å². The minimum atomic E-state index is -0.430. The Hall–Kier alpha value is -3.87. The molecule has 7 heteroatoms. The molecule has 0 atom stereocenters. The van der Waals surface area contributed by atoms with Crippen LogP contribution in [0.3, 0.4) is 0 Å². The maximum Gasteiger partial charge on any atom is 0.246 e. The Kier molecular flexibility index (Phi) is 6.20. The van der Waals surface area contributed by atoms with E-state index in [-0.39, 0.29) is 12.5 Å². The Balaban J connectivity index is 1.55. The van der Waals surface area contributed by atoms with E-state index in [1.807, 2.05) is 42.5 Å². The third kappa shape index (κ3) is 5.84. The van der Waals surface area contributed by atoms with Gasteiger partial charge < -0.3 is 21.1 Å². The van der Waals surface area contributed by atoms with Crippen LogP contribution in [0.1, 0.15) is 0 Å². The molecule has 142 valence electrons. The van der Waals surface area contributed by atoms with Crippen molar-refractivity contribution in [3.63, 3.8) is 0 Å². The van der Waals surface area contributed by atoms with Gasteiger partial charge in [0.15, 0.2) is 5.96 Å². The molecule has 0 saturated carbocycles.